The molecule has 0 saturated carbocycles. The number of azo groups is 1. The molecule has 1 atom stereocenters. The molecule has 1 saturated heterocycles. The standard InChI is InChI=1S/C29H31N9O2/c1-36-12-14-38(15-13-36)27-11-10-26(32-33-27)31-25-16-24(35-37(2)29(25)40)21-8-5-9-22(23(21)18-39)28-20-7-4-3-6-19(20)17-30-34-28/h3-11,16,28,39H,12-15,17-18H2,1-2H3,(H,31,32). The van der Waals surface area contributed by atoms with Crippen molar-refractivity contribution in [2.45, 2.75) is 19.2 Å². The largest absolute Gasteiger partial charge is 0.392 e. The highest BCUT2D eigenvalue weighted by Gasteiger charge is 2.25. The molecule has 2 aromatic carbocycles. The second kappa shape index (κ2) is 10.9. The van der Waals surface area contributed by atoms with E-state index in [2.05, 4.69) is 59.8 Å². The number of aromatic nitrogens is 4. The minimum atomic E-state index is -0.328. The number of fused-ring (bicyclic) bond motifs is 1. The fraction of sp³-hybridized carbons (Fsp3) is 0.310. The van der Waals surface area contributed by atoms with Crippen molar-refractivity contribution < 1.29 is 5.11 Å². The molecule has 0 bridgehead atoms. The minimum absolute atomic E-state index is 0.216. The molecule has 4 aromatic rings. The molecule has 6 rings (SSSR count). The Bertz CT molecular complexity index is 1610. The molecule has 0 radical (unpaired) electrons. The molecule has 0 aliphatic carbocycles. The lowest BCUT2D eigenvalue weighted by Gasteiger charge is -2.32. The van der Waals surface area contributed by atoms with Gasteiger partial charge in [0.25, 0.3) is 5.56 Å². The third-order valence-corrected chi connectivity index (χ3v) is 7.53. The van der Waals surface area contributed by atoms with Gasteiger partial charge in [0.05, 0.1) is 18.8 Å². The first-order chi connectivity index (χ1) is 19.5. The van der Waals surface area contributed by atoms with Gasteiger partial charge in [-0.2, -0.15) is 15.3 Å². The fourth-order valence-corrected chi connectivity index (χ4v) is 5.28. The molecular weight excluding hydrogens is 506 g/mol. The number of hydrogen-bond acceptors (Lipinski definition) is 10. The topological polar surface area (TPSA) is 124 Å². The maximum absolute atomic E-state index is 13.0. The number of aryl methyl sites for hydroxylation is 1. The maximum atomic E-state index is 13.0. The van der Waals surface area contributed by atoms with Gasteiger partial charge in [0.15, 0.2) is 11.6 Å². The summed E-state index contributed by atoms with van der Waals surface area (Å²) in [5, 5.41) is 35.7. The van der Waals surface area contributed by atoms with E-state index in [4.69, 9.17) is 0 Å². The number of aliphatic hydroxyl groups is 1. The van der Waals surface area contributed by atoms with Crippen LogP contribution in [0.1, 0.15) is 28.3 Å². The lowest BCUT2D eigenvalue weighted by Crippen LogP contribution is -2.44. The Morgan fingerprint density at radius 2 is 1.75 bits per heavy atom. The summed E-state index contributed by atoms with van der Waals surface area (Å²) in [6.45, 7) is 4.07. The van der Waals surface area contributed by atoms with E-state index in [-0.39, 0.29) is 18.2 Å². The van der Waals surface area contributed by atoms with Gasteiger partial charge in [0, 0.05) is 38.8 Å². The van der Waals surface area contributed by atoms with Gasteiger partial charge >= 0.3 is 0 Å². The average Bonchev–Trinajstić information content (AvgIpc) is 2.99. The normalized spacial score (nSPS) is 17.1. The van der Waals surface area contributed by atoms with Crippen LogP contribution in [0.4, 0.5) is 17.3 Å². The summed E-state index contributed by atoms with van der Waals surface area (Å²) in [4.78, 5) is 17.5. The zero-order valence-electron chi connectivity index (χ0n) is 22.5. The summed E-state index contributed by atoms with van der Waals surface area (Å²) in [6, 6.07) is 18.9. The van der Waals surface area contributed by atoms with E-state index >= 15 is 0 Å². The second-order valence-corrected chi connectivity index (χ2v) is 10.1. The molecule has 40 heavy (non-hydrogen) atoms. The van der Waals surface area contributed by atoms with Crippen molar-refractivity contribution in [2.75, 3.05) is 43.4 Å². The zero-order valence-corrected chi connectivity index (χ0v) is 22.5. The quantitative estimate of drug-likeness (QED) is 0.384. The minimum Gasteiger partial charge on any atom is -0.392 e. The van der Waals surface area contributed by atoms with Crippen LogP contribution >= 0.6 is 0 Å². The predicted octanol–water partition coefficient (Wildman–Crippen LogP) is 3.28. The molecule has 2 aromatic heterocycles. The SMILES string of the molecule is CN1CCN(c2ccc(Nc3cc(-c4cccc(C5N=NCc6ccccc65)c4CO)nn(C)c3=O)nn2)CC1. The van der Waals surface area contributed by atoms with Gasteiger partial charge in [-0.3, -0.25) is 4.79 Å². The third-order valence-electron chi connectivity index (χ3n) is 7.53. The first kappa shape index (κ1) is 25.8. The van der Waals surface area contributed by atoms with E-state index in [1.807, 2.05) is 42.5 Å². The highest BCUT2D eigenvalue weighted by molar-refractivity contribution is 5.70. The Labute approximate surface area is 231 Å². The highest BCUT2D eigenvalue weighted by Crippen LogP contribution is 2.37. The Morgan fingerprint density at radius 3 is 2.52 bits per heavy atom. The van der Waals surface area contributed by atoms with Gasteiger partial charge in [-0.25, -0.2) is 4.68 Å². The molecule has 1 fully saturated rings. The molecule has 2 N–H and O–H groups in total. The van der Waals surface area contributed by atoms with E-state index in [9.17, 15) is 9.90 Å². The molecule has 2 aliphatic heterocycles. The van der Waals surface area contributed by atoms with Crippen LogP contribution in [0.15, 0.2) is 75.7 Å². The summed E-state index contributed by atoms with van der Waals surface area (Å²) >= 11 is 0. The van der Waals surface area contributed by atoms with E-state index < -0.39 is 0 Å². The Kier molecular flexibility index (Phi) is 7.06. The molecule has 4 heterocycles. The summed E-state index contributed by atoms with van der Waals surface area (Å²) in [5.41, 5.74) is 4.99. The van der Waals surface area contributed by atoms with Crippen LogP contribution in [0, 0.1) is 0 Å². The summed E-state index contributed by atoms with van der Waals surface area (Å²) in [5.74, 6) is 1.27. The Balaban J connectivity index is 1.32. The first-order valence-corrected chi connectivity index (χ1v) is 13.3. The maximum Gasteiger partial charge on any atom is 0.290 e. The van der Waals surface area contributed by atoms with Crippen LogP contribution in [0.5, 0.6) is 0 Å². The fourth-order valence-electron chi connectivity index (χ4n) is 5.28. The highest BCUT2D eigenvalue weighted by atomic mass is 16.3. The van der Waals surface area contributed by atoms with Crippen molar-refractivity contribution >= 4 is 17.3 Å². The zero-order chi connectivity index (χ0) is 27.6. The number of nitrogens with zero attached hydrogens (tertiary/aromatic N) is 8. The van der Waals surface area contributed by atoms with Crippen molar-refractivity contribution in [3.63, 3.8) is 0 Å². The van der Waals surface area contributed by atoms with E-state index in [0.29, 0.717) is 34.9 Å². The number of anilines is 3. The number of hydrogen-bond donors (Lipinski definition) is 2. The smallest absolute Gasteiger partial charge is 0.290 e. The molecule has 0 amide bonds. The Hall–Kier alpha value is -4.48. The van der Waals surface area contributed by atoms with Crippen LogP contribution in [-0.2, 0) is 20.2 Å². The van der Waals surface area contributed by atoms with E-state index in [0.717, 1.165) is 48.7 Å². The van der Waals surface area contributed by atoms with Gasteiger partial charge in [0.1, 0.15) is 11.7 Å². The van der Waals surface area contributed by atoms with Crippen molar-refractivity contribution in [3.05, 3.63) is 93.3 Å². The number of likely N-dealkylation sites (N-methyl/N-ethyl adjacent to an activating group) is 1. The Morgan fingerprint density at radius 1 is 0.950 bits per heavy atom. The number of benzene rings is 2. The lowest BCUT2D eigenvalue weighted by molar-refractivity contribution is 0.280. The van der Waals surface area contributed by atoms with Gasteiger partial charge in [0.2, 0.25) is 0 Å². The second-order valence-electron chi connectivity index (χ2n) is 10.1. The number of piperazine rings is 1. The molecule has 11 heteroatoms. The predicted molar refractivity (Wildman–Crippen MR) is 153 cm³/mol. The van der Waals surface area contributed by atoms with Crippen molar-refractivity contribution in [1.82, 2.24) is 24.9 Å². The van der Waals surface area contributed by atoms with Gasteiger partial charge in [-0.1, -0.05) is 42.5 Å². The monoisotopic (exact) mass is 537 g/mol. The van der Waals surface area contributed by atoms with Crippen molar-refractivity contribution in [3.8, 4) is 11.3 Å². The number of nitrogens with one attached hydrogen (secondary N) is 1. The summed E-state index contributed by atoms with van der Waals surface area (Å²) in [7, 11) is 3.71. The van der Waals surface area contributed by atoms with Crippen LogP contribution in [0.3, 0.4) is 0 Å². The molecule has 2 aliphatic rings. The van der Waals surface area contributed by atoms with Gasteiger partial charge in [-0.15, -0.1) is 10.2 Å². The summed E-state index contributed by atoms with van der Waals surface area (Å²) < 4.78 is 1.28. The number of aliphatic hydroxyl groups excluding tert-OH is 1. The van der Waals surface area contributed by atoms with Crippen LogP contribution < -0.4 is 15.8 Å². The molecule has 1 unspecified atom stereocenters. The van der Waals surface area contributed by atoms with Crippen LogP contribution in [-0.4, -0.2) is 63.2 Å². The third kappa shape index (κ3) is 4.96. The molecule has 204 valence electrons. The van der Waals surface area contributed by atoms with Gasteiger partial charge < -0.3 is 20.2 Å². The van der Waals surface area contributed by atoms with Crippen LogP contribution in [0.2, 0.25) is 0 Å². The molecule has 0 spiro atoms. The van der Waals surface area contributed by atoms with Crippen molar-refractivity contribution in [1.29, 1.82) is 0 Å². The summed E-state index contributed by atoms with van der Waals surface area (Å²) in [6.07, 6.45) is 0. The van der Waals surface area contributed by atoms with Crippen LogP contribution in [0.25, 0.3) is 11.3 Å². The molecular formula is C29H31N9O2. The lowest BCUT2D eigenvalue weighted by atomic mass is 9.88. The van der Waals surface area contributed by atoms with Crippen molar-refractivity contribution in [2.24, 2.45) is 17.3 Å². The van der Waals surface area contributed by atoms with Gasteiger partial charge in [-0.05, 0) is 47.5 Å². The number of rotatable bonds is 6. The van der Waals surface area contributed by atoms with E-state index in [1.54, 1.807) is 13.1 Å². The van der Waals surface area contributed by atoms with E-state index in [1.165, 1.54) is 4.68 Å². The first-order valence-electron chi connectivity index (χ1n) is 13.3. The average molecular weight is 538 g/mol. The molecule has 11 nitrogen and oxygen atoms in total.